The summed E-state index contributed by atoms with van der Waals surface area (Å²) in [4.78, 5) is 4.42. The first-order chi connectivity index (χ1) is 16.3. The van der Waals surface area contributed by atoms with Gasteiger partial charge in [0, 0.05) is 28.1 Å². The summed E-state index contributed by atoms with van der Waals surface area (Å²) in [7, 11) is 0. The van der Waals surface area contributed by atoms with Crippen molar-refractivity contribution in [2.24, 2.45) is 0 Å². The van der Waals surface area contributed by atoms with Crippen LogP contribution in [0.3, 0.4) is 0 Å². The molecule has 154 valence electrons. The molecule has 6 rings (SSSR count). The quantitative estimate of drug-likeness (QED) is 0.299. The second-order valence-corrected chi connectivity index (χ2v) is 8.01. The van der Waals surface area contributed by atoms with Crippen LogP contribution >= 0.6 is 0 Å². The van der Waals surface area contributed by atoms with Crippen LogP contribution < -0.4 is 0 Å². The Balaban J connectivity index is 1.50. The topological polar surface area (TPSA) is 41.6 Å². The maximum Gasteiger partial charge on any atom is 0.101 e. The first-order valence-electron chi connectivity index (χ1n) is 10.9. The molecule has 0 atom stereocenters. The Kier molecular flexibility index (Phi) is 4.49. The molecule has 2 aromatic heterocycles. The molecule has 0 saturated carbocycles. The first kappa shape index (κ1) is 19.0. The standard InChI is InChI=1S/C30H19N3/c31-19-21-13-18-27(32-20-21)23-16-14-22(15-17-23)24-7-1-4-10-28(24)33-29-11-5-2-8-25(29)26-9-3-6-12-30(26)33/h1-18,20H. The van der Waals surface area contributed by atoms with E-state index in [2.05, 4.69) is 113 Å². The van der Waals surface area contributed by atoms with Crippen molar-refractivity contribution in [2.75, 3.05) is 0 Å². The van der Waals surface area contributed by atoms with Crippen molar-refractivity contribution in [1.29, 1.82) is 5.26 Å². The van der Waals surface area contributed by atoms with Gasteiger partial charge >= 0.3 is 0 Å². The predicted octanol–water partition coefficient (Wildman–Crippen LogP) is 7.38. The third kappa shape index (κ3) is 3.17. The molecule has 0 fully saturated rings. The van der Waals surface area contributed by atoms with Crippen LogP contribution in [0.15, 0.2) is 115 Å². The molecule has 0 radical (unpaired) electrons. The molecule has 2 heterocycles. The largest absolute Gasteiger partial charge is 0.309 e. The number of para-hydroxylation sites is 3. The summed E-state index contributed by atoms with van der Waals surface area (Å²) >= 11 is 0. The number of hydrogen-bond donors (Lipinski definition) is 0. The van der Waals surface area contributed by atoms with Gasteiger partial charge in [-0.25, -0.2) is 0 Å². The van der Waals surface area contributed by atoms with E-state index in [1.54, 1.807) is 12.3 Å². The monoisotopic (exact) mass is 421 g/mol. The Morgan fingerprint density at radius 1 is 0.606 bits per heavy atom. The van der Waals surface area contributed by atoms with Crippen molar-refractivity contribution in [3.8, 4) is 34.1 Å². The fraction of sp³-hybridized carbons (Fsp3) is 0. The van der Waals surface area contributed by atoms with Crippen molar-refractivity contribution in [2.45, 2.75) is 0 Å². The minimum Gasteiger partial charge on any atom is -0.309 e. The molecule has 4 aromatic carbocycles. The van der Waals surface area contributed by atoms with Crippen LogP contribution in [0, 0.1) is 11.3 Å². The van der Waals surface area contributed by atoms with Gasteiger partial charge in [0.15, 0.2) is 0 Å². The van der Waals surface area contributed by atoms with Gasteiger partial charge in [0.25, 0.3) is 0 Å². The highest BCUT2D eigenvalue weighted by atomic mass is 15.0. The summed E-state index contributed by atoms with van der Waals surface area (Å²) < 4.78 is 2.36. The molecule has 0 spiro atoms. The molecule has 6 aromatic rings. The van der Waals surface area contributed by atoms with E-state index in [4.69, 9.17) is 5.26 Å². The average molecular weight is 422 g/mol. The molecule has 0 amide bonds. The average Bonchev–Trinajstić information content (AvgIpc) is 3.23. The molecule has 0 aliphatic carbocycles. The van der Waals surface area contributed by atoms with E-state index >= 15 is 0 Å². The lowest BCUT2D eigenvalue weighted by Crippen LogP contribution is -1.97. The fourth-order valence-electron chi connectivity index (χ4n) is 4.55. The van der Waals surface area contributed by atoms with Gasteiger partial charge in [0.2, 0.25) is 0 Å². The highest BCUT2D eigenvalue weighted by Crippen LogP contribution is 2.36. The van der Waals surface area contributed by atoms with Gasteiger partial charge in [0.1, 0.15) is 6.07 Å². The molecule has 0 aliphatic heterocycles. The third-order valence-electron chi connectivity index (χ3n) is 6.11. The number of nitrogens with zero attached hydrogens (tertiary/aromatic N) is 3. The number of hydrogen-bond acceptors (Lipinski definition) is 2. The van der Waals surface area contributed by atoms with Gasteiger partial charge in [-0.2, -0.15) is 5.26 Å². The van der Waals surface area contributed by atoms with Crippen LogP contribution in [0.25, 0.3) is 49.9 Å². The summed E-state index contributed by atoms with van der Waals surface area (Å²) in [6, 6.07) is 39.9. The van der Waals surface area contributed by atoms with Crippen molar-refractivity contribution >= 4 is 21.8 Å². The third-order valence-corrected chi connectivity index (χ3v) is 6.11. The molecule has 3 nitrogen and oxygen atoms in total. The SMILES string of the molecule is N#Cc1ccc(-c2ccc(-c3ccccc3-n3c4ccccc4c4ccccc43)cc2)nc1. The Bertz CT molecular complexity index is 1600. The van der Waals surface area contributed by atoms with E-state index < -0.39 is 0 Å². The van der Waals surface area contributed by atoms with Gasteiger partial charge in [-0.15, -0.1) is 0 Å². The van der Waals surface area contributed by atoms with Crippen LogP contribution in [0.2, 0.25) is 0 Å². The summed E-state index contributed by atoms with van der Waals surface area (Å²) in [5.41, 5.74) is 8.31. The van der Waals surface area contributed by atoms with Crippen LogP contribution in [-0.4, -0.2) is 9.55 Å². The minimum atomic E-state index is 0.565. The summed E-state index contributed by atoms with van der Waals surface area (Å²) in [5, 5.41) is 11.5. The zero-order chi connectivity index (χ0) is 22.2. The number of aromatic nitrogens is 2. The zero-order valence-corrected chi connectivity index (χ0v) is 17.8. The minimum absolute atomic E-state index is 0.565. The van der Waals surface area contributed by atoms with Gasteiger partial charge in [-0.1, -0.05) is 78.9 Å². The second kappa shape index (κ2) is 7.78. The summed E-state index contributed by atoms with van der Waals surface area (Å²) in [5.74, 6) is 0. The van der Waals surface area contributed by atoms with Crippen LogP contribution in [0.1, 0.15) is 5.56 Å². The highest BCUT2D eigenvalue weighted by Gasteiger charge is 2.14. The Hall–Kier alpha value is -4.68. The van der Waals surface area contributed by atoms with E-state index in [1.165, 1.54) is 27.4 Å². The van der Waals surface area contributed by atoms with Crippen molar-refractivity contribution in [3.63, 3.8) is 0 Å². The molecular weight excluding hydrogens is 402 g/mol. The maximum atomic E-state index is 9.01. The van der Waals surface area contributed by atoms with E-state index in [0.717, 1.165) is 22.5 Å². The van der Waals surface area contributed by atoms with E-state index in [9.17, 15) is 0 Å². The molecule has 0 saturated heterocycles. The molecule has 0 bridgehead atoms. The van der Waals surface area contributed by atoms with Crippen LogP contribution in [-0.2, 0) is 0 Å². The van der Waals surface area contributed by atoms with E-state index in [1.807, 2.05) is 6.07 Å². The van der Waals surface area contributed by atoms with Crippen LogP contribution in [0.5, 0.6) is 0 Å². The van der Waals surface area contributed by atoms with Crippen molar-refractivity contribution in [1.82, 2.24) is 9.55 Å². The van der Waals surface area contributed by atoms with Gasteiger partial charge < -0.3 is 4.57 Å². The van der Waals surface area contributed by atoms with Crippen molar-refractivity contribution in [3.05, 3.63) is 121 Å². The Labute approximate surface area is 191 Å². The van der Waals surface area contributed by atoms with Gasteiger partial charge in [0.05, 0.1) is 28.0 Å². The Morgan fingerprint density at radius 3 is 1.85 bits per heavy atom. The molecule has 33 heavy (non-hydrogen) atoms. The fourth-order valence-corrected chi connectivity index (χ4v) is 4.55. The molecule has 3 heteroatoms. The molecule has 0 N–H and O–H groups in total. The molecule has 0 unspecified atom stereocenters. The van der Waals surface area contributed by atoms with E-state index in [-0.39, 0.29) is 0 Å². The smallest absolute Gasteiger partial charge is 0.101 e. The summed E-state index contributed by atoms with van der Waals surface area (Å²) in [6.45, 7) is 0. The molecular formula is C30H19N3. The highest BCUT2D eigenvalue weighted by molar-refractivity contribution is 6.09. The lowest BCUT2D eigenvalue weighted by atomic mass is 10.0. The normalized spacial score (nSPS) is 11.0. The Morgan fingerprint density at radius 2 is 1.21 bits per heavy atom. The number of fused-ring (bicyclic) bond motifs is 3. The van der Waals surface area contributed by atoms with E-state index in [0.29, 0.717) is 5.56 Å². The zero-order valence-electron chi connectivity index (χ0n) is 17.8. The van der Waals surface area contributed by atoms with Crippen molar-refractivity contribution < 1.29 is 0 Å². The lowest BCUT2D eigenvalue weighted by molar-refractivity contribution is 1.18. The van der Waals surface area contributed by atoms with Gasteiger partial charge in [-0.05, 0) is 35.9 Å². The lowest BCUT2D eigenvalue weighted by Gasteiger charge is -2.14. The summed E-state index contributed by atoms with van der Waals surface area (Å²) in [6.07, 6.45) is 1.61. The number of benzene rings is 4. The second-order valence-electron chi connectivity index (χ2n) is 8.01. The number of rotatable bonds is 3. The predicted molar refractivity (Wildman–Crippen MR) is 134 cm³/mol. The number of pyridine rings is 1. The van der Waals surface area contributed by atoms with Gasteiger partial charge in [-0.3, -0.25) is 4.98 Å². The molecule has 0 aliphatic rings. The van der Waals surface area contributed by atoms with Crippen LogP contribution in [0.4, 0.5) is 0 Å². The maximum absolute atomic E-state index is 9.01. The number of nitriles is 1. The first-order valence-corrected chi connectivity index (χ1v) is 10.9.